The largest absolute Gasteiger partial charge is 0.509 e. The van der Waals surface area contributed by atoms with E-state index in [0.29, 0.717) is 29.2 Å². The van der Waals surface area contributed by atoms with Crippen LogP contribution in [-0.2, 0) is 27.2 Å². The molecule has 4 atom stereocenters. The zero-order chi connectivity index (χ0) is 31.8. The topological polar surface area (TPSA) is 220 Å². The molecule has 2 saturated carbocycles. The first-order valence-electron chi connectivity index (χ1n) is 14.5. The predicted octanol–water partition coefficient (Wildman–Crippen LogP) is 1.09. The quantitative estimate of drug-likeness (QED) is 0.257. The van der Waals surface area contributed by atoms with Crippen molar-refractivity contribution >= 4 is 28.9 Å². The van der Waals surface area contributed by atoms with Crippen molar-refractivity contribution in [1.82, 2.24) is 4.90 Å². The molecule has 12 nitrogen and oxygen atoms in total. The van der Waals surface area contributed by atoms with E-state index in [-0.39, 0.29) is 17.7 Å². The molecule has 9 N–H and O–H groups in total. The number of nitriles is 1. The lowest BCUT2D eigenvalue weighted by Crippen LogP contribution is -2.80. The van der Waals surface area contributed by atoms with E-state index in [2.05, 4.69) is 0 Å². The highest BCUT2D eigenvalue weighted by atomic mass is 16.3. The number of nitrogens with two attached hydrogens (primary N) is 3. The molecule has 1 aromatic carbocycles. The lowest BCUT2D eigenvalue weighted by molar-refractivity contribution is -0.139. The molecule has 12 heteroatoms. The van der Waals surface area contributed by atoms with E-state index in [1.165, 1.54) is 31.8 Å². The number of carbonyl (C=O) groups is 3. The molecule has 43 heavy (non-hydrogen) atoms. The molecule has 230 valence electrons. The number of phenols is 1. The number of hydrogen-bond acceptors (Lipinski definition) is 11. The molecule has 0 saturated heterocycles. The summed E-state index contributed by atoms with van der Waals surface area (Å²) in [7, 11) is 6.62. The van der Waals surface area contributed by atoms with Crippen LogP contribution in [0.25, 0.3) is 5.76 Å². The summed E-state index contributed by atoms with van der Waals surface area (Å²) in [6.45, 7) is 0. The third-order valence-electron chi connectivity index (χ3n) is 10.1. The van der Waals surface area contributed by atoms with Crippen molar-refractivity contribution in [2.24, 2.45) is 28.5 Å². The van der Waals surface area contributed by atoms with E-state index in [1.807, 2.05) is 31.1 Å². The number of nitrogens with zero attached hydrogens (tertiary/aromatic N) is 3. The van der Waals surface area contributed by atoms with Crippen molar-refractivity contribution in [1.29, 1.82) is 5.26 Å². The molecule has 0 bridgehead atoms. The molecule has 4 aliphatic carbocycles. The second-order valence-electron chi connectivity index (χ2n) is 13.1. The number of rotatable bonds is 6. The van der Waals surface area contributed by atoms with Crippen molar-refractivity contribution in [3.05, 3.63) is 39.7 Å². The van der Waals surface area contributed by atoms with Gasteiger partial charge in [-0.3, -0.25) is 19.3 Å². The fourth-order valence-electron chi connectivity index (χ4n) is 8.18. The van der Waals surface area contributed by atoms with E-state index < -0.39 is 69.1 Å². The minimum atomic E-state index is -2.68. The van der Waals surface area contributed by atoms with Crippen molar-refractivity contribution in [3.63, 3.8) is 0 Å². The van der Waals surface area contributed by atoms with Gasteiger partial charge in [-0.05, 0) is 62.9 Å². The zero-order valence-electron chi connectivity index (χ0n) is 25.0. The molecule has 0 unspecified atom stereocenters. The molecule has 1 aromatic rings. The van der Waals surface area contributed by atoms with Crippen LogP contribution in [0.2, 0.25) is 0 Å². The average molecular weight is 593 g/mol. The number of phenolic OH excluding ortho intramolecular Hbond substituents is 1. The fourth-order valence-corrected chi connectivity index (χ4v) is 8.18. The van der Waals surface area contributed by atoms with E-state index in [4.69, 9.17) is 17.2 Å². The number of amides is 1. The Morgan fingerprint density at radius 3 is 2.28 bits per heavy atom. The number of Topliss-reactive ketones (excluding diaryl/α,β-unsaturated/α-hetero) is 2. The summed E-state index contributed by atoms with van der Waals surface area (Å²) in [6, 6.07) is 2.23. The minimum absolute atomic E-state index is 0.0318. The SMILES string of the molecule is CN(C)c1cc(CCC2CCCC2)c(O)c2c1C[C@@]1(N)C[C@@]3(N)[C@H](N(C)C)C(=O)C(C(N)=O)=C(O)[C@@]3(C#N)C(=O)C1=C2O. The van der Waals surface area contributed by atoms with Gasteiger partial charge in [0, 0.05) is 19.8 Å². The van der Waals surface area contributed by atoms with Gasteiger partial charge in [0.05, 0.1) is 34.3 Å². The zero-order valence-corrected chi connectivity index (χ0v) is 25.0. The maximum atomic E-state index is 14.6. The number of anilines is 1. The third-order valence-corrected chi connectivity index (χ3v) is 10.1. The molecular formula is C31H40N6O6. The van der Waals surface area contributed by atoms with Crippen molar-refractivity contribution < 1.29 is 29.7 Å². The van der Waals surface area contributed by atoms with Gasteiger partial charge in [0.2, 0.25) is 0 Å². The predicted molar refractivity (Wildman–Crippen MR) is 159 cm³/mol. The summed E-state index contributed by atoms with van der Waals surface area (Å²) in [5.41, 5.74) is 13.3. The number of primary amides is 1. The van der Waals surface area contributed by atoms with Gasteiger partial charge in [0.15, 0.2) is 17.0 Å². The van der Waals surface area contributed by atoms with E-state index in [0.717, 1.165) is 19.3 Å². The van der Waals surface area contributed by atoms with Crippen LogP contribution in [0.3, 0.4) is 0 Å². The second kappa shape index (κ2) is 10.1. The highest BCUT2D eigenvalue weighted by Crippen LogP contribution is 2.59. The Hall–Kier alpha value is -3.92. The van der Waals surface area contributed by atoms with Crippen LogP contribution in [0.5, 0.6) is 5.75 Å². The summed E-state index contributed by atoms with van der Waals surface area (Å²) in [5, 5.41) is 45.3. The Labute approximate surface area is 250 Å². The van der Waals surface area contributed by atoms with Gasteiger partial charge in [-0.1, -0.05) is 25.7 Å². The van der Waals surface area contributed by atoms with Crippen LogP contribution in [0.15, 0.2) is 23.0 Å². The molecule has 4 aliphatic rings. The first-order valence-corrected chi connectivity index (χ1v) is 14.5. The number of ketones is 2. The van der Waals surface area contributed by atoms with Crippen LogP contribution < -0.4 is 22.1 Å². The fraction of sp³-hybridized carbons (Fsp3) is 0.548. The Balaban J connectivity index is 1.78. The van der Waals surface area contributed by atoms with Gasteiger partial charge in [-0.2, -0.15) is 5.26 Å². The number of carbonyl (C=O) groups excluding carboxylic acids is 3. The number of benzene rings is 1. The first kappa shape index (κ1) is 30.5. The lowest BCUT2D eigenvalue weighted by Gasteiger charge is -2.58. The smallest absolute Gasteiger partial charge is 0.255 e. The van der Waals surface area contributed by atoms with Crippen LogP contribution in [-0.4, -0.2) is 83.0 Å². The number of hydrogen-bond donors (Lipinski definition) is 6. The molecule has 0 aliphatic heterocycles. The Morgan fingerprint density at radius 1 is 1.12 bits per heavy atom. The lowest BCUT2D eigenvalue weighted by atomic mass is 9.47. The molecule has 5 rings (SSSR count). The number of fused-ring (bicyclic) bond motifs is 3. The number of aliphatic hydroxyl groups is 2. The summed E-state index contributed by atoms with van der Waals surface area (Å²) in [6.07, 6.45) is 5.56. The Morgan fingerprint density at radius 2 is 1.74 bits per heavy atom. The first-order chi connectivity index (χ1) is 20.1. The molecule has 0 aromatic heterocycles. The highest BCUT2D eigenvalue weighted by Gasteiger charge is 2.74. The summed E-state index contributed by atoms with van der Waals surface area (Å²) >= 11 is 0. The van der Waals surface area contributed by atoms with Gasteiger partial charge in [-0.25, -0.2) is 0 Å². The second-order valence-corrected chi connectivity index (χ2v) is 13.1. The monoisotopic (exact) mass is 592 g/mol. The van der Waals surface area contributed by atoms with Crippen molar-refractivity contribution in [3.8, 4) is 11.8 Å². The number of aliphatic hydroxyl groups excluding tert-OH is 2. The molecule has 1 amide bonds. The standard InChI is InChI=1S/C31H40N6O6/c1-36(2)18-11-16(10-9-15-7-5-6-8-15)22(38)19-17(18)12-29(34)13-31(35)25(37(3)4)24(40)20(28(33)43)26(41)30(31,14-32)27(42)21(29)23(19)39/h11,15,25,38-39,41H,5-10,12-13,34-35H2,1-4H3,(H2,33,43)/t25-,29-,30+,31-/m1/s1. The van der Waals surface area contributed by atoms with Crippen LogP contribution in [0.4, 0.5) is 5.69 Å². The van der Waals surface area contributed by atoms with Crippen LogP contribution in [0, 0.1) is 22.7 Å². The van der Waals surface area contributed by atoms with Gasteiger partial charge >= 0.3 is 0 Å². The maximum Gasteiger partial charge on any atom is 0.255 e. The van der Waals surface area contributed by atoms with Gasteiger partial charge in [-0.15, -0.1) is 0 Å². The maximum absolute atomic E-state index is 14.6. The van der Waals surface area contributed by atoms with Gasteiger partial charge in [0.25, 0.3) is 5.91 Å². The highest BCUT2D eigenvalue weighted by molar-refractivity contribution is 6.25. The van der Waals surface area contributed by atoms with Gasteiger partial charge < -0.3 is 37.4 Å². The van der Waals surface area contributed by atoms with Crippen molar-refractivity contribution in [2.45, 2.75) is 68.5 Å². The van der Waals surface area contributed by atoms with E-state index in [9.17, 15) is 35.0 Å². The summed E-state index contributed by atoms with van der Waals surface area (Å²) in [4.78, 5) is 43.7. The van der Waals surface area contributed by atoms with E-state index in [1.54, 1.807) is 0 Å². The average Bonchev–Trinajstić information content (AvgIpc) is 3.40. The van der Waals surface area contributed by atoms with Crippen LogP contribution in [0.1, 0.15) is 55.2 Å². The van der Waals surface area contributed by atoms with Gasteiger partial charge in [0.1, 0.15) is 22.8 Å². The minimum Gasteiger partial charge on any atom is -0.509 e. The Bertz CT molecular complexity index is 1550. The molecular weight excluding hydrogens is 552 g/mol. The normalized spacial score (nSPS) is 30.7. The molecule has 0 heterocycles. The third kappa shape index (κ3) is 4.02. The van der Waals surface area contributed by atoms with E-state index >= 15 is 0 Å². The van der Waals surface area contributed by atoms with Crippen LogP contribution >= 0.6 is 0 Å². The number of aryl methyl sites for hydroxylation is 1. The summed E-state index contributed by atoms with van der Waals surface area (Å²) in [5.74, 6) is -4.83. The number of aromatic hydroxyl groups is 1. The Kier molecular flexibility index (Phi) is 7.16. The van der Waals surface area contributed by atoms with Crippen molar-refractivity contribution in [2.75, 3.05) is 33.1 Å². The molecule has 0 spiro atoms. The molecule has 0 radical (unpaired) electrons. The summed E-state index contributed by atoms with van der Waals surface area (Å²) < 4.78 is 0. The number of likely N-dealkylation sites (N-methyl/N-ethyl adjacent to an activating group) is 1. The molecule has 2 fully saturated rings.